The van der Waals surface area contributed by atoms with Gasteiger partial charge in [-0.1, -0.05) is 12.2 Å². The normalized spacial score (nSPS) is 18.3. The summed E-state index contributed by atoms with van der Waals surface area (Å²) in [5.74, 6) is -0.834. The number of amides is 1. The van der Waals surface area contributed by atoms with Crippen LogP contribution in [-0.2, 0) is 14.3 Å². The highest BCUT2D eigenvalue weighted by Crippen LogP contribution is 2.21. The number of ether oxygens (including phenoxy) is 1. The van der Waals surface area contributed by atoms with Crippen molar-refractivity contribution in [1.29, 1.82) is 0 Å². The molecule has 0 saturated carbocycles. The Labute approximate surface area is 101 Å². The van der Waals surface area contributed by atoms with Gasteiger partial charge in [-0.25, -0.2) is 0 Å². The molecule has 0 spiro atoms. The van der Waals surface area contributed by atoms with Crippen molar-refractivity contribution in [3.63, 3.8) is 0 Å². The summed E-state index contributed by atoms with van der Waals surface area (Å²) in [6, 6.07) is 0. The summed E-state index contributed by atoms with van der Waals surface area (Å²) >= 11 is 0. The second kappa shape index (κ2) is 7.06. The standard InChI is InChI=1S/C12H19NO4/c1-17-7-6-13(9-12(15)16)11(14)8-10-4-2-3-5-10/h2,4,10H,3,5-9H2,1H3,(H,15,16). The first-order valence-electron chi connectivity index (χ1n) is 5.78. The lowest BCUT2D eigenvalue weighted by Gasteiger charge is -2.21. The van der Waals surface area contributed by atoms with Crippen molar-refractivity contribution >= 4 is 11.9 Å². The minimum absolute atomic E-state index is 0.110. The van der Waals surface area contributed by atoms with E-state index in [-0.39, 0.29) is 18.4 Å². The van der Waals surface area contributed by atoms with Crippen molar-refractivity contribution in [2.45, 2.75) is 19.3 Å². The van der Waals surface area contributed by atoms with Crippen molar-refractivity contribution in [3.05, 3.63) is 12.2 Å². The van der Waals surface area contributed by atoms with E-state index in [1.807, 2.05) is 6.08 Å². The Morgan fingerprint density at radius 3 is 2.82 bits per heavy atom. The first-order valence-corrected chi connectivity index (χ1v) is 5.78. The summed E-state index contributed by atoms with van der Waals surface area (Å²) in [5.41, 5.74) is 0. The van der Waals surface area contributed by atoms with Crippen molar-refractivity contribution in [3.8, 4) is 0 Å². The van der Waals surface area contributed by atoms with Crippen molar-refractivity contribution in [2.75, 3.05) is 26.8 Å². The molecule has 0 fully saturated rings. The highest BCUT2D eigenvalue weighted by Gasteiger charge is 2.20. The van der Waals surface area contributed by atoms with Crippen LogP contribution in [0.3, 0.4) is 0 Å². The second-order valence-corrected chi connectivity index (χ2v) is 4.17. The van der Waals surface area contributed by atoms with Crippen LogP contribution in [0, 0.1) is 5.92 Å². The second-order valence-electron chi connectivity index (χ2n) is 4.17. The molecule has 0 heterocycles. The minimum Gasteiger partial charge on any atom is -0.480 e. The fourth-order valence-electron chi connectivity index (χ4n) is 1.88. The molecule has 0 aromatic heterocycles. The van der Waals surface area contributed by atoms with Gasteiger partial charge in [0.05, 0.1) is 6.61 Å². The van der Waals surface area contributed by atoms with E-state index in [9.17, 15) is 9.59 Å². The molecule has 1 N–H and O–H groups in total. The molecule has 0 aromatic rings. The molecule has 1 unspecified atom stereocenters. The highest BCUT2D eigenvalue weighted by atomic mass is 16.5. The van der Waals surface area contributed by atoms with Crippen LogP contribution in [0.25, 0.3) is 0 Å². The molecule has 17 heavy (non-hydrogen) atoms. The maximum atomic E-state index is 11.9. The molecule has 96 valence electrons. The predicted octanol–water partition coefficient (Wildman–Crippen LogP) is 0.902. The Morgan fingerprint density at radius 2 is 2.29 bits per heavy atom. The first kappa shape index (κ1) is 13.7. The lowest BCUT2D eigenvalue weighted by molar-refractivity contribution is -0.145. The van der Waals surface area contributed by atoms with Crippen LogP contribution in [0.15, 0.2) is 12.2 Å². The lowest BCUT2D eigenvalue weighted by Crippen LogP contribution is -2.38. The molecule has 1 aliphatic rings. The number of methoxy groups -OCH3 is 1. The highest BCUT2D eigenvalue weighted by molar-refractivity contribution is 5.81. The Morgan fingerprint density at radius 1 is 1.53 bits per heavy atom. The van der Waals surface area contributed by atoms with E-state index in [4.69, 9.17) is 9.84 Å². The van der Waals surface area contributed by atoms with Gasteiger partial charge in [0.25, 0.3) is 0 Å². The average molecular weight is 241 g/mol. The van der Waals surface area contributed by atoms with Gasteiger partial charge in [0, 0.05) is 20.1 Å². The van der Waals surface area contributed by atoms with Crippen molar-refractivity contribution in [1.82, 2.24) is 4.90 Å². The third-order valence-corrected chi connectivity index (χ3v) is 2.79. The molecule has 5 nitrogen and oxygen atoms in total. The summed E-state index contributed by atoms with van der Waals surface area (Å²) in [4.78, 5) is 23.9. The first-order chi connectivity index (χ1) is 8.13. The Hall–Kier alpha value is -1.36. The molecule has 1 rings (SSSR count). The number of aliphatic carboxylic acids is 1. The molecule has 0 saturated heterocycles. The molecule has 0 aromatic carbocycles. The monoisotopic (exact) mass is 241 g/mol. The number of carboxylic acid groups (broad SMARTS) is 1. The van der Waals surface area contributed by atoms with Gasteiger partial charge in [-0.2, -0.15) is 0 Å². The molecule has 5 heteroatoms. The van der Waals surface area contributed by atoms with Gasteiger partial charge in [0.1, 0.15) is 6.54 Å². The SMILES string of the molecule is COCCN(CC(=O)O)C(=O)CC1C=CCC1. The van der Waals surface area contributed by atoms with Gasteiger partial charge in [-0.3, -0.25) is 9.59 Å². The lowest BCUT2D eigenvalue weighted by atomic mass is 10.0. The predicted molar refractivity (Wildman–Crippen MR) is 62.6 cm³/mol. The Kier molecular flexibility index (Phi) is 5.69. The van der Waals surface area contributed by atoms with Crippen LogP contribution >= 0.6 is 0 Å². The molecule has 0 radical (unpaired) electrons. The van der Waals surface area contributed by atoms with Crippen LogP contribution in [0.5, 0.6) is 0 Å². The summed E-state index contributed by atoms with van der Waals surface area (Å²) in [6.07, 6.45) is 6.49. The van der Waals surface area contributed by atoms with E-state index in [1.165, 1.54) is 12.0 Å². The topological polar surface area (TPSA) is 66.8 Å². The van der Waals surface area contributed by atoms with Crippen LogP contribution in [0.1, 0.15) is 19.3 Å². The summed E-state index contributed by atoms with van der Waals surface area (Å²) in [6.45, 7) is 0.441. The third-order valence-electron chi connectivity index (χ3n) is 2.79. The van der Waals surface area contributed by atoms with Crippen molar-refractivity contribution in [2.24, 2.45) is 5.92 Å². The van der Waals surface area contributed by atoms with Crippen LogP contribution in [0.4, 0.5) is 0 Å². The zero-order valence-electron chi connectivity index (χ0n) is 10.1. The number of rotatable bonds is 7. The molecule has 0 bridgehead atoms. The number of carboxylic acids is 1. The van der Waals surface area contributed by atoms with E-state index in [1.54, 1.807) is 0 Å². The van der Waals surface area contributed by atoms with Gasteiger partial charge in [-0.15, -0.1) is 0 Å². The number of allylic oxidation sites excluding steroid dienone is 2. The number of nitrogens with zero attached hydrogens (tertiary/aromatic N) is 1. The fraction of sp³-hybridized carbons (Fsp3) is 0.667. The van der Waals surface area contributed by atoms with E-state index in [0.717, 1.165) is 12.8 Å². The van der Waals surface area contributed by atoms with Gasteiger partial charge in [0.2, 0.25) is 5.91 Å². The quantitative estimate of drug-likeness (QED) is 0.672. The van der Waals surface area contributed by atoms with Crippen molar-refractivity contribution < 1.29 is 19.4 Å². The molecule has 1 aliphatic carbocycles. The maximum Gasteiger partial charge on any atom is 0.323 e. The Bertz CT molecular complexity index is 301. The van der Waals surface area contributed by atoms with E-state index < -0.39 is 5.97 Å². The molecule has 0 aliphatic heterocycles. The summed E-state index contributed by atoms with van der Waals surface area (Å²) in [5, 5.41) is 8.74. The van der Waals surface area contributed by atoms with E-state index in [0.29, 0.717) is 19.6 Å². The zero-order valence-corrected chi connectivity index (χ0v) is 10.1. The van der Waals surface area contributed by atoms with Crippen LogP contribution < -0.4 is 0 Å². The number of hydrogen-bond acceptors (Lipinski definition) is 3. The molecule has 1 atom stereocenters. The molecular weight excluding hydrogens is 222 g/mol. The van der Waals surface area contributed by atoms with E-state index in [2.05, 4.69) is 6.08 Å². The summed E-state index contributed by atoms with van der Waals surface area (Å²) in [7, 11) is 1.53. The number of hydrogen-bond donors (Lipinski definition) is 1. The number of carbonyl (C=O) groups is 2. The third kappa shape index (κ3) is 4.99. The zero-order chi connectivity index (χ0) is 12.7. The number of carbonyl (C=O) groups excluding carboxylic acids is 1. The average Bonchev–Trinajstić information content (AvgIpc) is 2.76. The minimum atomic E-state index is -0.989. The smallest absolute Gasteiger partial charge is 0.323 e. The molecular formula is C12H19NO4. The summed E-state index contributed by atoms with van der Waals surface area (Å²) < 4.78 is 4.87. The maximum absolute atomic E-state index is 11.9. The molecule has 1 amide bonds. The van der Waals surface area contributed by atoms with Gasteiger partial charge >= 0.3 is 5.97 Å². The van der Waals surface area contributed by atoms with Gasteiger partial charge in [-0.05, 0) is 18.8 Å². The largest absolute Gasteiger partial charge is 0.480 e. The van der Waals surface area contributed by atoms with Gasteiger partial charge < -0.3 is 14.7 Å². The van der Waals surface area contributed by atoms with Crippen LogP contribution in [-0.4, -0.2) is 48.7 Å². The van der Waals surface area contributed by atoms with Gasteiger partial charge in [0.15, 0.2) is 0 Å². The fourth-order valence-corrected chi connectivity index (χ4v) is 1.88. The van der Waals surface area contributed by atoms with Crippen LogP contribution in [0.2, 0.25) is 0 Å². The van der Waals surface area contributed by atoms with E-state index >= 15 is 0 Å². The Balaban J connectivity index is 2.45.